The fourth-order valence-electron chi connectivity index (χ4n) is 2.57. The fourth-order valence-corrected chi connectivity index (χ4v) is 2.86. The van der Waals surface area contributed by atoms with Crippen molar-refractivity contribution in [3.63, 3.8) is 0 Å². The Hall–Kier alpha value is -2.20. The molecule has 0 bridgehead atoms. The molecule has 1 aliphatic heterocycles. The molecule has 0 aromatic heterocycles. The van der Waals surface area contributed by atoms with Gasteiger partial charge in [0.15, 0.2) is 11.5 Å². The Bertz CT molecular complexity index is 735. The Balaban J connectivity index is 1.73. The molecule has 0 aliphatic carbocycles. The van der Waals surface area contributed by atoms with Crippen molar-refractivity contribution in [2.24, 2.45) is 0 Å². The Morgan fingerprint density at radius 3 is 2.52 bits per heavy atom. The first-order valence-electron chi connectivity index (χ1n) is 7.36. The molecule has 0 N–H and O–H groups in total. The maximum Gasteiger partial charge on any atom is 0.338 e. The van der Waals surface area contributed by atoms with E-state index in [0.29, 0.717) is 35.3 Å². The molecule has 0 fully saturated rings. The summed E-state index contributed by atoms with van der Waals surface area (Å²) < 4.78 is 16.4. The van der Waals surface area contributed by atoms with Gasteiger partial charge in [0.1, 0.15) is 19.8 Å². The van der Waals surface area contributed by atoms with Gasteiger partial charge < -0.3 is 14.2 Å². The Labute approximate surface area is 139 Å². The van der Waals surface area contributed by atoms with Crippen molar-refractivity contribution in [2.45, 2.75) is 20.5 Å². The summed E-state index contributed by atoms with van der Waals surface area (Å²) in [5.74, 6) is 0.770. The van der Waals surface area contributed by atoms with Gasteiger partial charge in [-0.1, -0.05) is 28.8 Å². The number of benzene rings is 2. The quantitative estimate of drug-likeness (QED) is 0.794. The highest BCUT2D eigenvalue weighted by molar-refractivity contribution is 6.32. The molecule has 5 heteroatoms. The van der Waals surface area contributed by atoms with Gasteiger partial charge in [0.25, 0.3) is 0 Å². The molecule has 1 heterocycles. The lowest BCUT2D eigenvalue weighted by atomic mass is 10.1. The van der Waals surface area contributed by atoms with Gasteiger partial charge in [-0.15, -0.1) is 0 Å². The average molecular weight is 333 g/mol. The molecule has 120 valence electrons. The topological polar surface area (TPSA) is 44.8 Å². The van der Waals surface area contributed by atoms with Gasteiger partial charge in [0.2, 0.25) is 0 Å². The van der Waals surface area contributed by atoms with Crippen LogP contribution in [0.3, 0.4) is 0 Å². The molecule has 3 rings (SSSR count). The molecule has 0 amide bonds. The first kappa shape index (κ1) is 15.7. The predicted octanol–water partition coefficient (Wildman–Crippen LogP) is 4.09. The number of aryl methyl sites for hydroxylation is 2. The van der Waals surface area contributed by atoms with Crippen LogP contribution in [0.5, 0.6) is 11.5 Å². The summed E-state index contributed by atoms with van der Waals surface area (Å²) in [5.41, 5.74) is 3.36. The summed E-state index contributed by atoms with van der Waals surface area (Å²) in [6.07, 6.45) is 0. The zero-order valence-corrected chi connectivity index (χ0v) is 13.8. The molecule has 0 atom stereocenters. The van der Waals surface area contributed by atoms with Crippen LogP contribution in [-0.4, -0.2) is 19.2 Å². The molecule has 2 aromatic carbocycles. The van der Waals surface area contributed by atoms with Gasteiger partial charge >= 0.3 is 5.97 Å². The number of ether oxygens (including phenoxy) is 3. The zero-order valence-electron chi connectivity index (χ0n) is 13.0. The van der Waals surface area contributed by atoms with Gasteiger partial charge in [0, 0.05) is 0 Å². The minimum absolute atomic E-state index is 0.127. The number of esters is 1. The highest BCUT2D eigenvalue weighted by Crippen LogP contribution is 2.38. The van der Waals surface area contributed by atoms with Crippen molar-refractivity contribution in [1.29, 1.82) is 0 Å². The van der Waals surface area contributed by atoms with E-state index in [2.05, 4.69) is 0 Å². The predicted molar refractivity (Wildman–Crippen MR) is 87.5 cm³/mol. The molecule has 0 saturated heterocycles. The van der Waals surface area contributed by atoms with E-state index in [-0.39, 0.29) is 12.6 Å². The molecule has 0 unspecified atom stereocenters. The number of rotatable bonds is 3. The van der Waals surface area contributed by atoms with E-state index in [1.165, 1.54) is 0 Å². The zero-order chi connectivity index (χ0) is 16.4. The van der Waals surface area contributed by atoms with E-state index < -0.39 is 0 Å². The van der Waals surface area contributed by atoms with Crippen molar-refractivity contribution in [3.8, 4) is 11.5 Å². The lowest BCUT2D eigenvalue weighted by Gasteiger charge is -2.20. The van der Waals surface area contributed by atoms with E-state index >= 15 is 0 Å². The molecule has 1 aliphatic rings. The summed E-state index contributed by atoms with van der Waals surface area (Å²) in [6, 6.07) is 9.15. The molecule has 2 aromatic rings. The number of hydrogen-bond donors (Lipinski definition) is 0. The van der Waals surface area contributed by atoms with Crippen LogP contribution in [0.4, 0.5) is 0 Å². The van der Waals surface area contributed by atoms with Crippen LogP contribution in [0.25, 0.3) is 0 Å². The van der Waals surface area contributed by atoms with Gasteiger partial charge in [-0.2, -0.15) is 0 Å². The standard InChI is InChI=1S/C18H17ClO4/c1-11-5-12(2)7-14(6-11)18(20)23-10-13-8-15(19)17-16(9-13)21-3-4-22-17/h5-9H,3-4,10H2,1-2H3. The Morgan fingerprint density at radius 2 is 1.78 bits per heavy atom. The second kappa shape index (κ2) is 6.50. The third-order valence-electron chi connectivity index (χ3n) is 3.48. The lowest BCUT2D eigenvalue weighted by molar-refractivity contribution is 0.0471. The van der Waals surface area contributed by atoms with E-state index in [1.54, 1.807) is 12.1 Å². The smallest absolute Gasteiger partial charge is 0.338 e. The maximum absolute atomic E-state index is 12.2. The Morgan fingerprint density at radius 1 is 1.09 bits per heavy atom. The monoisotopic (exact) mass is 332 g/mol. The second-order valence-corrected chi connectivity index (χ2v) is 5.96. The van der Waals surface area contributed by atoms with E-state index in [0.717, 1.165) is 16.7 Å². The largest absolute Gasteiger partial charge is 0.486 e. The molecule has 0 saturated carbocycles. The van der Waals surface area contributed by atoms with Gasteiger partial charge in [0.05, 0.1) is 10.6 Å². The Kier molecular flexibility index (Phi) is 4.44. The van der Waals surface area contributed by atoms with Crippen LogP contribution in [0.1, 0.15) is 27.0 Å². The second-order valence-electron chi connectivity index (χ2n) is 5.55. The van der Waals surface area contributed by atoms with Gasteiger partial charge in [-0.05, 0) is 43.7 Å². The van der Waals surface area contributed by atoms with Crippen molar-refractivity contribution >= 4 is 17.6 Å². The SMILES string of the molecule is Cc1cc(C)cc(C(=O)OCc2cc(Cl)c3c(c2)OCCO3)c1. The highest BCUT2D eigenvalue weighted by Gasteiger charge is 2.17. The molecule has 4 nitrogen and oxygen atoms in total. The number of carbonyl (C=O) groups is 1. The van der Waals surface area contributed by atoms with Crippen LogP contribution in [0, 0.1) is 13.8 Å². The number of fused-ring (bicyclic) bond motifs is 1. The van der Waals surface area contributed by atoms with Crippen LogP contribution in [-0.2, 0) is 11.3 Å². The molecule has 0 radical (unpaired) electrons. The third kappa shape index (κ3) is 3.59. The van der Waals surface area contributed by atoms with E-state index in [1.807, 2.05) is 32.0 Å². The lowest BCUT2D eigenvalue weighted by Crippen LogP contribution is -2.16. The molecular formula is C18H17ClO4. The number of halogens is 1. The first-order chi connectivity index (χ1) is 11.0. The minimum Gasteiger partial charge on any atom is -0.486 e. The van der Waals surface area contributed by atoms with Crippen molar-refractivity contribution in [3.05, 3.63) is 57.6 Å². The average Bonchev–Trinajstić information content (AvgIpc) is 2.52. The van der Waals surface area contributed by atoms with E-state index in [9.17, 15) is 4.79 Å². The summed E-state index contributed by atoms with van der Waals surface area (Å²) in [4.78, 5) is 12.2. The summed E-state index contributed by atoms with van der Waals surface area (Å²) >= 11 is 6.18. The van der Waals surface area contributed by atoms with Crippen molar-refractivity contribution in [2.75, 3.05) is 13.2 Å². The minimum atomic E-state index is -0.359. The number of carbonyl (C=O) groups excluding carboxylic acids is 1. The summed E-state index contributed by atoms with van der Waals surface area (Å²) in [7, 11) is 0. The van der Waals surface area contributed by atoms with Crippen molar-refractivity contribution < 1.29 is 19.0 Å². The third-order valence-corrected chi connectivity index (χ3v) is 3.76. The molecule has 0 spiro atoms. The first-order valence-corrected chi connectivity index (χ1v) is 7.74. The normalized spacial score (nSPS) is 12.8. The highest BCUT2D eigenvalue weighted by atomic mass is 35.5. The van der Waals surface area contributed by atoms with Crippen LogP contribution < -0.4 is 9.47 Å². The van der Waals surface area contributed by atoms with Gasteiger partial charge in [-0.25, -0.2) is 4.79 Å². The fraction of sp³-hybridized carbons (Fsp3) is 0.278. The van der Waals surface area contributed by atoms with Gasteiger partial charge in [-0.3, -0.25) is 0 Å². The van der Waals surface area contributed by atoms with E-state index in [4.69, 9.17) is 25.8 Å². The molecular weight excluding hydrogens is 316 g/mol. The summed E-state index contributed by atoms with van der Waals surface area (Å²) in [6.45, 7) is 4.99. The van der Waals surface area contributed by atoms with Crippen molar-refractivity contribution in [1.82, 2.24) is 0 Å². The van der Waals surface area contributed by atoms with Crippen LogP contribution in [0.2, 0.25) is 5.02 Å². The van der Waals surface area contributed by atoms with Crippen LogP contribution >= 0.6 is 11.6 Å². The summed E-state index contributed by atoms with van der Waals surface area (Å²) in [5, 5.41) is 0.458. The maximum atomic E-state index is 12.2. The number of hydrogen-bond acceptors (Lipinski definition) is 4. The van der Waals surface area contributed by atoms with Crippen LogP contribution in [0.15, 0.2) is 30.3 Å². The molecule has 23 heavy (non-hydrogen) atoms.